The van der Waals surface area contributed by atoms with Crippen molar-refractivity contribution in [3.8, 4) is 0 Å². The zero-order valence-corrected chi connectivity index (χ0v) is 13.0. The Morgan fingerprint density at radius 1 is 1.19 bits per heavy atom. The van der Waals surface area contributed by atoms with E-state index in [1.54, 1.807) is 6.07 Å². The van der Waals surface area contributed by atoms with Crippen LogP contribution in [0, 0.1) is 16.0 Å². The predicted molar refractivity (Wildman–Crippen MR) is 86.0 cm³/mol. The summed E-state index contributed by atoms with van der Waals surface area (Å²) in [6.07, 6.45) is 0.500. The van der Waals surface area contributed by atoms with Gasteiger partial charge in [0.2, 0.25) is 0 Å². The highest BCUT2D eigenvalue weighted by molar-refractivity contribution is 6.30. The number of alkyl halides is 1. The molecule has 0 amide bonds. The highest BCUT2D eigenvalue weighted by atomic mass is 35.5. The second-order valence-corrected chi connectivity index (χ2v) is 5.93. The van der Waals surface area contributed by atoms with Crippen LogP contribution in [0.2, 0.25) is 5.02 Å². The molecule has 0 spiro atoms. The number of benzene rings is 2. The molecule has 2 rings (SSSR count). The predicted octanol–water partition coefficient (Wildman–Crippen LogP) is 5.41. The van der Waals surface area contributed by atoms with Gasteiger partial charge in [-0.1, -0.05) is 48.9 Å². The average molecular weight is 324 g/mol. The Labute approximate surface area is 133 Å². The first-order valence-corrected chi connectivity index (χ1v) is 7.42. The van der Waals surface area contributed by atoms with Crippen molar-refractivity contribution in [1.82, 2.24) is 0 Å². The van der Waals surface area contributed by atoms with Crippen molar-refractivity contribution in [2.24, 2.45) is 5.92 Å². The van der Waals surface area contributed by atoms with Gasteiger partial charge < -0.3 is 0 Å². The smallest absolute Gasteiger partial charge is 0.258 e. The van der Waals surface area contributed by atoms with Crippen LogP contribution in [0.5, 0.6) is 0 Å². The Balaban J connectivity index is 2.21. The van der Waals surface area contributed by atoms with Gasteiger partial charge in [0.1, 0.15) is 0 Å². The molecule has 0 N–H and O–H groups in total. The Hall–Kier alpha value is -1.58. The van der Waals surface area contributed by atoms with Gasteiger partial charge in [-0.2, -0.15) is 0 Å². The standard InChI is InChI=1S/C16H15Cl2NO2/c1-11(16(18)12-5-3-2-4-6-12)9-13-10-14(17)7-8-15(13)19(20)21/h2-8,10-11,16H,9H2,1H3. The summed E-state index contributed by atoms with van der Waals surface area (Å²) in [4.78, 5) is 10.7. The molecule has 0 fully saturated rings. The van der Waals surface area contributed by atoms with E-state index in [2.05, 4.69) is 0 Å². The molecule has 21 heavy (non-hydrogen) atoms. The molecular weight excluding hydrogens is 309 g/mol. The maximum Gasteiger partial charge on any atom is 0.272 e. The first-order chi connectivity index (χ1) is 9.99. The van der Waals surface area contributed by atoms with Gasteiger partial charge in [0, 0.05) is 16.7 Å². The third-order valence-corrected chi connectivity index (χ3v) is 4.31. The van der Waals surface area contributed by atoms with Gasteiger partial charge in [-0.05, 0) is 30.0 Å². The van der Waals surface area contributed by atoms with Crippen molar-refractivity contribution in [3.05, 3.63) is 74.8 Å². The summed E-state index contributed by atoms with van der Waals surface area (Å²) in [5.41, 5.74) is 1.71. The summed E-state index contributed by atoms with van der Waals surface area (Å²) in [5.74, 6) is 0.0474. The fraction of sp³-hybridized carbons (Fsp3) is 0.250. The summed E-state index contributed by atoms with van der Waals surface area (Å²) in [6.45, 7) is 1.98. The van der Waals surface area contributed by atoms with Gasteiger partial charge in [0.25, 0.3) is 5.69 Å². The van der Waals surface area contributed by atoms with Gasteiger partial charge in [-0.3, -0.25) is 10.1 Å². The molecule has 2 aromatic carbocycles. The van der Waals surface area contributed by atoms with Crippen LogP contribution in [0.3, 0.4) is 0 Å². The second-order valence-electron chi connectivity index (χ2n) is 5.02. The molecule has 0 aliphatic rings. The molecule has 0 bridgehead atoms. The lowest BCUT2D eigenvalue weighted by molar-refractivity contribution is -0.385. The van der Waals surface area contributed by atoms with Crippen molar-refractivity contribution >= 4 is 28.9 Å². The van der Waals surface area contributed by atoms with Crippen LogP contribution in [-0.2, 0) is 6.42 Å². The van der Waals surface area contributed by atoms with Gasteiger partial charge in [-0.15, -0.1) is 11.6 Å². The number of rotatable bonds is 5. The molecule has 0 heterocycles. The molecule has 5 heteroatoms. The Kier molecular flexibility index (Phi) is 5.21. The Bertz CT molecular complexity index is 631. The van der Waals surface area contributed by atoms with Gasteiger partial charge in [0.15, 0.2) is 0 Å². The number of nitrogens with zero attached hydrogens (tertiary/aromatic N) is 1. The fourth-order valence-electron chi connectivity index (χ4n) is 2.31. The molecule has 2 unspecified atom stereocenters. The third-order valence-electron chi connectivity index (χ3n) is 3.40. The average Bonchev–Trinajstić information content (AvgIpc) is 2.47. The maximum absolute atomic E-state index is 11.1. The van der Waals surface area contributed by atoms with E-state index in [9.17, 15) is 10.1 Å². The van der Waals surface area contributed by atoms with E-state index in [1.165, 1.54) is 12.1 Å². The summed E-state index contributed by atoms with van der Waals surface area (Å²) in [7, 11) is 0. The lowest BCUT2D eigenvalue weighted by Crippen LogP contribution is -2.09. The van der Waals surface area contributed by atoms with E-state index in [4.69, 9.17) is 23.2 Å². The van der Waals surface area contributed by atoms with Gasteiger partial charge >= 0.3 is 0 Å². The molecular formula is C16H15Cl2NO2. The van der Waals surface area contributed by atoms with Gasteiger partial charge in [0.05, 0.1) is 10.3 Å². The number of nitro benzene ring substituents is 1. The van der Waals surface area contributed by atoms with Crippen LogP contribution in [0.25, 0.3) is 0 Å². The molecule has 2 atom stereocenters. The normalized spacial score (nSPS) is 13.7. The minimum absolute atomic E-state index is 0.0474. The van der Waals surface area contributed by atoms with Crippen molar-refractivity contribution in [2.45, 2.75) is 18.7 Å². The number of nitro groups is 1. The van der Waals surface area contributed by atoms with Gasteiger partial charge in [-0.25, -0.2) is 0 Å². The van der Waals surface area contributed by atoms with Crippen LogP contribution >= 0.6 is 23.2 Å². The largest absolute Gasteiger partial charge is 0.272 e. The summed E-state index contributed by atoms with van der Waals surface area (Å²) >= 11 is 12.4. The zero-order valence-electron chi connectivity index (χ0n) is 11.5. The quantitative estimate of drug-likeness (QED) is 0.419. The fourth-order valence-corrected chi connectivity index (χ4v) is 2.74. The van der Waals surface area contributed by atoms with Crippen LogP contribution in [0.4, 0.5) is 5.69 Å². The molecule has 0 aliphatic carbocycles. The zero-order chi connectivity index (χ0) is 15.4. The summed E-state index contributed by atoms with van der Waals surface area (Å²) in [5, 5.41) is 11.4. The van der Waals surface area contributed by atoms with E-state index in [0.717, 1.165) is 5.56 Å². The molecule has 110 valence electrons. The van der Waals surface area contributed by atoms with Crippen LogP contribution in [-0.4, -0.2) is 4.92 Å². The summed E-state index contributed by atoms with van der Waals surface area (Å²) < 4.78 is 0. The van der Waals surface area contributed by atoms with Crippen molar-refractivity contribution in [2.75, 3.05) is 0 Å². The van der Waals surface area contributed by atoms with E-state index in [0.29, 0.717) is 17.0 Å². The highest BCUT2D eigenvalue weighted by Gasteiger charge is 2.21. The van der Waals surface area contributed by atoms with Crippen LogP contribution in [0.1, 0.15) is 23.4 Å². The third kappa shape index (κ3) is 3.96. The Morgan fingerprint density at radius 2 is 1.86 bits per heavy atom. The van der Waals surface area contributed by atoms with E-state index in [1.807, 2.05) is 37.3 Å². The molecule has 0 saturated heterocycles. The molecule has 0 radical (unpaired) electrons. The van der Waals surface area contributed by atoms with Crippen molar-refractivity contribution in [1.29, 1.82) is 0 Å². The molecule has 2 aromatic rings. The topological polar surface area (TPSA) is 43.1 Å². The van der Waals surface area contributed by atoms with Crippen molar-refractivity contribution < 1.29 is 4.92 Å². The molecule has 0 aromatic heterocycles. The highest BCUT2D eigenvalue weighted by Crippen LogP contribution is 2.33. The SMILES string of the molecule is CC(Cc1cc(Cl)ccc1[N+](=O)[O-])C(Cl)c1ccccc1. The van der Waals surface area contributed by atoms with Crippen LogP contribution < -0.4 is 0 Å². The lowest BCUT2D eigenvalue weighted by atomic mass is 9.93. The number of hydrogen-bond donors (Lipinski definition) is 0. The van der Waals surface area contributed by atoms with E-state index < -0.39 is 0 Å². The van der Waals surface area contributed by atoms with Crippen LogP contribution in [0.15, 0.2) is 48.5 Å². The number of hydrogen-bond acceptors (Lipinski definition) is 2. The number of halogens is 2. The summed E-state index contributed by atoms with van der Waals surface area (Å²) in [6, 6.07) is 14.3. The lowest BCUT2D eigenvalue weighted by Gasteiger charge is -2.18. The van der Waals surface area contributed by atoms with E-state index in [-0.39, 0.29) is 21.9 Å². The first-order valence-electron chi connectivity index (χ1n) is 6.61. The molecule has 0 saturated carbocycles. The monoisotopic (exact) mass is 323 g/mol. The van der Waals surface area contributed by atoms with E-state index >= 15 is 0 Å². The molecule has 0 aliphatic heterocycles. The minimum atomic E-state index is -0.385. The Morgan fingerprint density at radius 3 is 2.48 bits per heavy atom. The minimum Gasteiger partial charge on any atom is -0.258 e. The van der Waals surface area contributed by atoms with Crippen molar-refractivity contribution in [3.63, 3.8) is 0 Å². The second kappa shape index (κ2) is 6.92. The first kappa shape index (κ1) is 15.8. The maximum atomic E-state index is 11.1. The molecule has 3 nitrogen and oxygen atoms in total.